The number of alkyl carbamates (subject to hydrolysis) is 1. The molecule has 34 heavy (non-hydrogen) atoms. The summed E-state index contributed by atoms with van der Waals surface area (Å²) < 4.78 is 10.4. The molecule has 7 nitrogen and oxygen atoms in total. The van der Waals surface area contributed by atoms with E-state index in [2.05, 4.69) is 11.9 Å². The third kappa shape index (κ3) is 9.48. The lowest BCUT2D eigenvalue weighted by molar-refractivity contribution is -0.118. The summed E-state index contributed by atoms with van der Waals surface area (Å²) in [4.78, 5) is 38.5. The summed E-state index contributed by atoms with van der Waals surface area (Å²) in [6.45, 7) is 9.21. The van der Waals surface area contributed by atoms with E-state index in [-0.39, 0.29) is 39.2 Å². The van der Waals surface area contributed by atoms with E-state index in [4.69, 9.17) is 9.47 Å². The van der Waals surface area contributed by atoms with E-state index in [0.29, 0.717) is 6.54 Å². The van der Waals surface area contributed by atoms with Crippen LogP contribution in [0.25, 0.3) is 0 Å². The molecule has 0 unspecified atom stereocenters. The summed E-state index contributed by atoms with van der Waals surface area (Å²) in [6.07, 6.45) is 0.383. The number of hydrogen-bond acceptors (Lipinski definition) is 5. The van der Waals surface area contributed by atoms with Gasteiger partial charge in [0.05, 0.1) is 6.54 Å². The summed E-state index contributed by atoms with van der Waals surface area (Å²) in [6, 6.07) is 19.8. The quantitative estimate of drug-likeness (QED) is 0.460. The molecule has 0 aliphatic heterocycles. The molecule has 0 saturated carbocycles. The van der Waals surface area contributed by atoms with E-state index in [1.54, 1.807) is 20.8 Å². The second-order valence-corrected chi connectivity index (χ2v) is 8.83. The molecular weight excluding hydrogens is 432 g/mol. The zero-order chi connectivity index (χ0) is 25.0. The molecule has 0 aliphatic carbocycles. The molecule has 2 rings (SSSR count). The van der Waals surface area contributed by atoms with Gasteiger partial charge in [0.2, 0.25) is 0 Å². The molecule has 0 aliphatic rings. The van der Waals surface area contributed by atoms with Gasteiger partial charge in [0.15, 0.2) is 5.78 Å². The zero-order valence-corrected chi connectivity index (χ0v) is 20.2. The summed E-state index contributed by atoms with van der Waals surface area (Å²) in [5.41, 5.74) is 1.45. The Balaban J connectivity index is 0.00000612. The van der Waals surface area contributed by atoms with Gasteiger partial charge in [-0.15, -0.1) is 0 Å². The number of carbonyl (C=O) groups excluding carboxylic acids is 3. The molecule has 0 spiro atoms. The van der Waals surface area contributed by atoms with Crippen LogP contribution in [-0.2, 0) is 14.3 Å². The van der Waals surface area contributed by atoms with Crippen LogP contribution in [-0.4, -0.2) is 54.7 Å². The van der Waals surface area contributed by atoms with E-state index in [0.717, 1.165) is 11.1 Å². The maximum absolute atomic E-state index is 12.8. The Morgan fingerprint density at radius 1 is 1.03 bits per heavy atom. The highest BCUT2D eigenvalue weighted by molar-refractivity contribution is 5.84. The van der Waals surface area contributed by atoms with Gasteiger partial charge in [0.25, 0.3) is 0 Å². The average Bonchev–Trinajstić information content (AvgIpc) is 2.81. The maximum atomic E-state index is 12.8. The molecule has 2 aromatic rings. The van der Waals surface area contributed by atoms with Crippen LogP contribution >= 0.6 is 0 Å². The maximum Gasteiger partial charge on any atom is 0.410 e. The second-order valence-electron chi connectivity index (χ2n) is 8.83. The average molecular weight is 469 g/mol. The van der Waals surface area contributed by atoms with Crippen molar-refractivity contribution in [1.82, 2.24) is 10.2 Å². The van der Waals surface area contributed by atoms with Gasteiger partial charge in [-0.1, -0.05) is 73.3 Å². The molecule has 184 valence electrons. The number of rotatable bonds is 11. The van der Waals surface area contributed by atoms with Crippen LogP contribution in [0.15, 0.2) is 73.3 Å². The minimum atomic E-state index is -0.656. The summed E-state index contributed by atoms with van der Waals surface area (Å²) in [5.74, 6) is -0.322. The monoisotopic (exact) mass is 468 g/mol. The molecule has 0 aromatic heterocycles. The van der Waals surface area contributed by atoms with Gasteiger partial charge in [-0.2, -0.15) is 0 Å². The molecule has 0 saturated heterocycles. The fourth-order valence-corrected chi connectivity index (χ4v) is 3.31. The van der Waals surface area contributed by atoms with Crippen molar-refractivity contribution in [2.75, 3.05) is 26.2 Å². The third-order valence-corrected chi connectivity index (χ3v) is 4.88. The number of nitrogens with zero attached hydrogens (tertiary/aromatic N) is 1. The Morgan fingerprint density at radius 3 is 2.09 bits per heavy atom. The Hall–Kier alpha value is -3.61. The first kappa shape index (κ1) is 26.6. The van der Waals surface area contributed by atoms with E-state index in [1.165, 1.54) is 11.0 Å². The number of nitrogens with one attached hydrogen (secondary N) is 1. The largest absolute Gasteiger partial charge is 0.445 e. The first-order valence-corrected chi connectivity index (χ1v) is 11.3. The number of benzene rings is 2. The Morgan fingerprint density at radius 2 is 1.59 bits per heavy atom. The third-order valence-electron chi connectivity index (χ3n) is 4.88. The number of ether oxygens (including phenoxy) is 2. The lowest BCUT2D eigenvalue weighted by Gasteiger charge is -2.27. The Kier molecular flexibility index (Phi) is 10.3. The van der Waals surface area contributed by atoms with Crippen molar-refractivity contribution in [3.8, 4) is 0 Å². The van der Waals surface area contributed by atoms with Crippen molar-refractivity contribution < 1.29 is 25.3 Å². The molecule has 2 amide bonds. The standard InChI is InChI=1S/C27H34N2O5.H2/c1-5-18-33-26(32)29(17-16-23(30)19-28-25(31)34-27(2,3)4)20-24(21-12-8-6-9-13-21)22-14-10-7-11-15-22;/h5-15,24H,1,16-20H2,2-4H3,(H,28,31);1H. The highest BCUT2D eigenvalue weighted by Gasteiger charge is 2.24. The van der Waals surface area contributed by atoms with Crippen LogP contribution in [0.2, 0.25) is 0 Å². The van der Waals surface area contributed by atoms with Crippen LogP contribution in [0.4, 0.5) is 9.59 Å². The van der Waals surface area contributed by atoms with Gasteiger partial charge >= 0.3 is 12.2 Å². The number of Topliss-reactive ketones (excluding diaryl/α,β-unsaturated/α-hetero) is 1. The molecule has 0 radical (unpaired) electrons. The minimum absolute atomic E-state index is 0. The van der Waals surface area contributed by atoms with Crippen LogP contribution in [0, 0.1) is 0 Å². The Bertz CT molecular complexity index is 906. The van der Waals surface area contributed by atoms with E-state index < -0.39 is 17.8 Å². The minimum Gasteiger partial charge on any atom is -0.445 e. The second kappa shape index (κ2) is 13.2. The lowest BCUT2D eigenvalue weighted by atomic mass is 9.91. The number of hydrogen-bond donors (Lipinski definition) is 1. The van der Waals surface area contributed by atoms with Crippen LogP contribution in [0.1, 0.15) is 45.7 Å². The van der Waals surface area contributed by atoms with E-state index >= 15 is 0 Å². The highest BCUT2D eigenvalue weighted by Crippen LogP contribution is 2.26. The number of amides is 2. The molecule has 0 fully saturated rings. The summed E-state index contributed by atoms with van der Waals surface area (Å²) in [5, 5.41) is 2.46. The van der Waals surface area contributed by atoms with Gasteiger partial charge in [0.1, 0.15) is 12.2 Å². The van der Waals surface area contributed by atoms with Crippen LogP contribution in [0.5, 0.6) is 0 Å². The van der Waals surface area contributed by atoms with Crippen molar-refractivity contribution >= 4 is 18.0 Å². The number of ketones is 1. The van der Waals surface area contributed by atoms with Crippen molar-refractivity contribution in [2.24, 2.45) is 0 Å². The smallest absolute Gasteiger partial charge is 0.410 e. The van der Waals surface area contributed by atoms with E-state index in [9.17, 15) is 14.4 Å². The Labute approximate surface area is 203 Å². The van der Waals surface area contributed by atoms with Crippen LogP contribution < -0.4 is 5.32 Å². The van der Waals surface area contributed by atoms with E-state index in [1.807, 2.05) is 60.7 Å². The molecule has 7 heteroatoms. The topological polar surface area (TPSA) is 84.9 Å². The predicted molar refractivity (Wildman–Crippen MR) is 134 cm³/mol. The first-order valence-electron chi connectivity index (χ1n) is 11.3. The molecule has 0 bridgehead atoms. The lowest BCUT2D eigenvalue weighted by Crippen LogP contribution is -2.39. The van der Waals surface area contributed by atoms with Crippen molar-refractivity contribution in [3.05, 3.63) is 84.4 Å². The molecule has 1 N–H and O–H groups in total. The fraction of sp³-hybridized carbons (Fsp3) is 0.370. The highest BCUT2D eigenvalue weighted by atomic mass is 16.6. The summed E-state index contributed by atoms with van der Waals surface area (Å²) >= 11 is 0. The SMILES string of the molecule is C=CCOC(=O)N(CCC(=O)CNC(=O)OC(C)(C)C)CC(c1ccccc1)c1ccccc1.[HH]. The van der Waals surface area contributed by atoms with Crippen LogP contribution in [0.3, 0.4) is 0 Å². The number of carbonyl (C=O) groups is 3. The molecule has 2 aromatic carbocycles. The van der Waals surface area contributed by atoms with Gasteiger partial charge in [-0.3, -0.25) is 4.79 Å². The zero-order valence-electron chi connectivity index (χ0n) is 20.2. The van der Waals surface area contributed by atoms with Crippen molar-refractivity contribution in [2.45, 2.75) is 38.7 Å². The molecule has 0 heterocycles. The summed E-state index contributed by atoms with van der Waals surface area (Å²) in [7, 11) is 0. The van der Waals surface area contributed by atoms with Gasteiger partial charge < -0.3 is 19.7 Å². The van der Waals surface area contributed by atoms with Gasteiger partial charge in [-0.25, -0.2) is 9.59 Å². The van der Waals surface area contributed by atoms with Gasteiger partial charge in [-0.05, 0) is 31.9 Å². The molecule has 0 atom stereocenters. The van der Waals surface area contributed by atoms with Crippen molar-refractivity contribution in [3.63, 3.8) is 0 Å². The molecular formula is C27H36N2O5. The first-order chi connectivity index (χ1) is 16.2. The predicted octanol–water partition coefficient (Wildman–Crippen LogP) is 5.17. The van der Waals surface area contributed by atoms with Gasteiger partial charge in [0, 0.05) is 26.9 Å². The van der Waals surface area contributed by atoms with Crippen molar-refractivity contribution in [1.29, 1.82) is 0 Å². The normalized spacial score (nSPS) is 10.9. The fourth-order valence-electron chi connectivity index (χ4n) is 3.31.